The van der Waals surface area contributed by atoms with Crippen LogP contribution in [0.5, 0.6) is 0 Å². The zero-order chi connectivity index (χ0) is 12.3. The maximum Gasteiger partial charge on any atom is 0.337 e. The van der Waals surface area contributed by atoms with E-state index in [1.54, 1.807) is 6.08 Å². The molecule has 0 atom stereocenters. The van der Waals surface area contributed by atoms with Gasteiger partial charge in [0.1, 0.15) is 0 Å². The van der Waals surface area contributed by atoms with E-state index in [1.807, 2.05) is 0 Å². The van der Waals surface area contributed by atoms with Crippen LogP contribution >= 0.6 is 0 Å². The highest BCUT2D eigenvalue weighted by Crippen LogP contribution is 2.36. The van der Waals surface area contributed by atoms with Crippen LogP contribution in [0.1, 0.15) is 20.8 Å². The Labute approximate surface area is 94.0 Å². The lowest BCUT2D eigenvalue weighted by molar-refractivity contribution is -0.135. The molecule has 86 valence electrons. The fourth-order valence-electron chi connectivity index (χ4n) is 0.758. The second-order valence-electron chi connectivity index (χ2n) is 5.32. The van der Waals surface area contributed by atoms with Gasteiger partial charge in [0, 0.05) is 0 Å². The van der Waals surface area contributed by atoms with Gasteiger partial charge in [-0.05, 0) is 5.04 Å². The Bertz CT molecular complexity index is 282. The molecule has 0 fully saturated rings. The van der Waals surface area contributed by atoms with Gasteiger partial charge in [-0.1, -0.05) is 52.2 Å². The molecule has 0 amide bonds. The van der Waals surface area contributed by atoms with E-state index < -0.39 is 8.07 Å². The van der Waals surface area contributed by atoms with Crippen LogP contribution in [0.25, 0.3) is 0 Å². The van der Waals surface area contributed by atoms with Gasteiger partial charge in [-0.2, -0.15) is 0 Å². The molecule has 0 aromatic heterocycles. The fraction of sp³-hybridized carbons (Fsp3) is 0.583. The Kier molecular flexibility index (Phi) is 4.53. The van der Waals surface area contributed by atoms with Gasteiger partial charge in [-0.15, -0.1) is 0 Å². The van der Waals surface area contributed by atoms with Gasteiger partial charge in [0.05, 0.1) is 20.8 Å². The van der Waals surface area contributed by atoms with Crippen molar-refractivity contribution in [3.63, 3.8) is 0 Å². The molecule has 0 radical (unpaired) electrons. The van der Waals surface area contributed by atoms with Crippen LogP contribution in [0.4, 0.5) is 0 Å². The monoisotopic (exact) mass is 226 g/mol. The number of ether oxygens (including phenoxy) is 1. The molecule has 0 bridgehead atoms. The summed E-state index contributed by atoms with van der Waals surface area (Å²) in [6.07, 6.45) is 1.79. The maximum atomic E-state index is 11.1. The second kappa shape index (κ2) is 4.79. The third-order valence-corrected chi connectivity index (χ3v) is 7.95. The Morgan fingerprint density at radius 1 is 1.33 bits per heavy atom. The highest BCUT2D eigenvalue weighted by molar-refractivity contribution is 6.84. The number of rotatable bonds is 3. The van der Waals surface area contributed by atoms with Crippen LogP contribution in [0.15, 0.2) is 23.9 Å². The maximum absolute atomic E-state index is 11.1. The Morgan fingerprint density at radius 3 is 2.13 bits per heavy atom. The Balaban J connectivity index is 4.67. The first-order valence-corrected chi connectivity index (χ1v) is 8.16. The first kappa shape index (κ1) is 14.2. The third-order valence-electron chi connectivity index (χ3n) is 3.08. The van der Waals surface area contributed by atoms with E-state index in [9.17, 15) is 4.79 Å². The number of esters is 1. The van der Waals surface area contributed by atoms with Crippen molar-refractivity contribution in [2.75, 3.05) is 7.11 Å². The standard InChI is InChI=1S/C12H22O2Si/c1-10(11(13)14-5)8-9-15(6,7)12(2,3)4/h8-9H,1H2,2-7H3/b9-8+. The predicted molar refractivity (Wildman–Crippen MR) is 67.5 cm³/mol. The van der Waals surface area contributed by atoms with Gasteiger partial charge in [0.25, 0.3) is 0 Å². The Morgan fingerprint density at radius 2 is 1.80 bits per heavy atom. The normalized spacial score (nSPS) is 12.9. The van der Waals surface area contributed by atoms with Crippen molar-refractivity contribution in [3.8, 4) is 0 Å². The summed E-state index contributed by atoms with van der Waals surface area (Å²) < 4.78 is 4.59. The molecule has 0 aliphatic carbocycles. The summed E-state index contributed by atoms with van der Waals surface area (Å²) in [6.45, 7) is 14.9. The molecule has 0 aromatic carbocycles. The summed E-state index contributed by atoms with van der Waals surface area (Å²) >= 11 is 0. The van der Waals surface area contributed by atoms with Crippen molar-refractivity contribution in [2.45, 2.75) is 38.9 Å². The van der Waals surface area contributed by atoms with Crippen LogP contribution in [-0.2, 0) is 9.53 Å². The van der Waals surface area contributed by atoms with Crippen molar-refractivity contribution in [3.05, 3.63) is 23.9 Å². The molecular weight excluding hydrogens is 204 g/mol. The average Bonchev–Trinajstić information content (AvgIpc) is 2.11. The molecule has 0 saturated carbocycles. The van der Waals surface area contributed by atoms with E-state index in [1.165, 1.54) is 7.11 Å². The highest BCUT2D eigenvalue weighted by atomic mass is 28.3. The lowest BCUT2D eigenvalue weighted by Crippen LogP contribution is -2.35. The van der Waals surface area contributed by atoms with E-state index in [0.717, 1.165) is 0 Å². The van der Waals surface area contributed by atoms with E-state index in [2.05, 4.69) is 50.9 Å². The predicted octanol–water partition coefficient (Wildman–Crippen LogP) is 3.32. The number of carbonyl (C=O) groups excluding carboxylic acids is 1. The summed E-state index contributed by atoms with van der Waals surface area (Å²) in [6, 6.07) is 0. The van der Waals surface area contributed by atoms with Crippen molar-refractivity contribution in [1.82, 2.24) is 0 Å². The van der Waals surface area contributed by atoms with Crippen LogP contribution in [0, 0.1) is 0 Å². The summed E-state index contributed by atoms with van der Waals surface area (Å²) in [5.41, 5.74) is 2.56. The highest BCUT2D eigenvalue weighted by Gasteiger charge is 2.32. The molecule has 0 unspecified atom stereocenters. The minimum absolute atomic E-state index is 0.278. The molecule has 0 aliphatic heterocycles. The molecular formula is C12H22O2Si. The third kappa shape index (κ3) is 4.04. The molecule has 0 rings (SSSR count). The van der Waals surface area contributed by atoms with Gasteiger partial charge in [-0.25, -0.2) is 4.79 Å². The van der Waals surface area contributed by atoms with Crippen LogP contribution in [-0.4, -0.2) is 21.2 Å². The summed E-state index contributed by atoms with van der Waals surface area (Å²) in [5, 5.41) is 0.278. The minimum Gasteiger partial charge on any atom is -0.465 e. The van der Waals surface area contributed by atoms with E-state index >= 15 is 0 Å². The summed E-state index contributed by atoms with van der Waals surface area (Å²) in [5.74, 6) is -0.357. The lowest BCUT2D eigenvalue weighted by Gasteiger charge is -2.34. The first-order valence-electron chi connectivity index (χ1n) is 5.08. The first-order chi connectivity index (χ1) is 6.62. The van der Waals surface area contributed by atoms with Gasteiger partial charge >= 0.3 is 5.97 Å². The van der Waals surface area contributed by atoms with Crippen molar-refractivity contribution >= 4 is 14.0 Å². The van der Waals surface area contributed by atoms with E-state index in [-0.39, 0.29) is 11.0 Å². The number of hydrogen-bond acceptors (Lipinski definition) is 2. The van der Waals surface area contributed by atoms with Gasteiger partial charge in [0.15, 0.2) is 0 Å². The quantitative estimate of drug-likeness (QED) is 0.319. The molecule has 0 aliphatic rings. The molecule has 0 spiro atoms. The molecule has 0 aromatic rings. The molecule has 0 N–H and O–H groups in total. The number of methoxy groups -OCH3 is 1. The zero-order valence-electron chi connectivity index (χ0n) is 10.7. The molecule has 3 heteroatoms. The summed E-state index contributed by atoms with van der Waals surface area (Å²) in [4.78, 5) is 11.1. The smallest absolute Gasteiger partial charge is 0.337 e. The molecule has 15 heavy (non-hydrogen) atoms. The summed E-state index contributed by atoms with van der Waals surface area (Å²) in [7, 11) is -0.107. The largest absolute Gasteiger partial charge is 0.465 e. The topological polar surface area (TPSA) is 26.3 Å². The molecule has 2 nitrogen and oxygen atoms in total. The van der Waals surface area contributed by atoms with E-state index in [4.69, 9.17) is 0 Å². The Hall–Kier alpha value is -0.833. The van der Waals surface area contributed by atoms with Crippen molar-refractivity contribution < 1.29 is 9.53 Å². The van der Waals surface area contributed by atoms with Crippen molar-refractivity contribution in [2.24, 2.45) is 0 Å². The van der Waals surface area contributed by atoms with Gasteiger partial charge in [-0.3, -0.25) is 0 Å². The van der Waals surface area contributed by atoms with Gasteiger partial charge in [0.2, 0.25) is 0 Å². The average molecular weight is 226 g/mol. The zero-order valence-corrected chi connectivity index (χ0v) is 11.7. The van der Waals surface area contributed by atoms with Crippen molar-refractivity contribution in [1.29, 1.82) is 0 Å². The minimum atomic E-state index is -1.48. The van der Waals surface area contributed by atoms with Crippen LogP contribution in [0.3, 0.4) is 0 Å². The fourth-order valence-corrected chi connectivity index (χ4v) is 1.88. The van der Waals surface area contributed by atoms with Crippen LogP contribution < -0.4 is 0 Å². The number of carbonyl (C=O) groups is 1. The molecule has 0 heterocycles. The SMILES string of the molecule is C=C(/C=C/[Si](C)(C)C(C)(C)C)C(=O)OC. The van der Waals surface area contributed by atoms with E-state index in [0.29, 0.717) is 5.57 Å². The number of hydrogen-bond donors (Lipinski definition) is 0. The molecule has 0 saturated heterocycles. The van der Waals surface area contributed by atoms with Gasteiger partial charge < -0.3 is 4.74 Å². The second-order valence-corrected chi connectivity index (χ2v) is 10.6. The van der Waals surface area contributed by atoms with Crippen LogP contribution in [0.2, 0.25) is 18.1 Å². The lowest BCUT2D eigenvalue weighted by atomic mass is 10.2.